The zero-order valence-corrected chi connectivity index (χ0v) is 29.0. The predicted octanol–water partition coefficient (Wildman–Crippen LogP) is 10.9. The number of hydrogen-bond acceptors (Lipinski definition) is 8. The van der Waals surface area contributed by atoms with E-state index >= 15 is 0 Å². The first-order valence-electron chi connectivity index (χ1n) is 14.2. The standard InChI is InChI=1S/2C18H18N2S2/c2*1-11-4-6-14(7-5-11)22-15-8-12(2)17(13(3)9-15)16-10-21-18(19)20-16/h2*4-10H,1-3H3,(H2,19,20). The molecule has 0 spiro atoms. The number of nitrogens with two attached hydrogens (primary N) is 2. The number of aromatic nitrogens is 2. The fraction of sp³-hybridized carbons (Fsp3) is 0.167. The first kappa shape index (κ1) is 31.9. The summed E-state index contributed by atoms with van der Waals surface area (Å²) in [5.74, 6) is 0. The molecule has 224 valence electrons. The molecule has 0 amide bonds. The largest absolute Gasteiger partial charge is 0.375 e. The molecule has 0 radical (unpaired) electrons. The van der Waals surface area contributed by atoms with Gasteiger partial charge >= 0.3 is 0 Å². The van der Waals surface area contributed by atoms with Gasteiger partial charge in [0.1, 0.15) is 0 Å². The molecule has 0 aliphatic heterocycles. The summed E-state index contributed by atoms with van der Waals surface area (Å²) in [6.07, 6.45) is 0. The Balaban J connectivity index is 0.000000175. The van der Waals surface area contributed by atoms with E-state index in [0.29, 0.717) is 10.3 Å². The van der Waals surface area contributed by atoms with Gasteiger partial charge in [0.2, 0.25) is 0 Å². The summed E-state index contributed by atoms with van der Waals surface area (Å²) in [6.45, 7) is 12.8. The minimum Gasteiger partial charge on any atom is -0.375 e. The maximum absolute atomic E-state index is 5.76. The summed E-state index contributed by atoms with van der Waals surface area (Å²) in [5, 5.41) is 5.29. The van der Waals surface area contributed by atoms with E-state index in [2.05, 4.69) is 124 Å². The third-order valence-corrected chi connectivity index (χ3v) is 10.4. The van der Waals surface area contributed by atoms with Crippen LogP contribution >= 0.6 is 46.2 Å². The number of thiazole rings is 2. The molecule has 6 aromatic rings. The molecule has 0 atom stereocenters. The second-order valence-corrected chi connectivity index (χ2v) is 14.9. The highest BCUT2D eigenvalue weighted by Crippen LogP contribution is 2.37. The first-order valence-corrected chi connectivity index (χ1v) is 17.6. The van der Waals surface area contributed by atoms with Gasteiger partial charge in [0.15, 0.2) is 10.3 Å². The Kier molecular flexibility index (Phi) is 10.2. The van der Waals surface area contributed by atoms with Gasteiger partial charge in [0.05, 0.1) is 11.4 Å². The van der Waals surface area contributed by atoms with Crippen molar-refractivity contribution in [2.75, 3.05) is 11.5 Å². The zero-order valence-electron chi connectivity index (χ0n) is 25.8. The number of aryl methyl sites for hydroxylation is 6. The van der Waals surface area contributed by atoms with E-state index < -0.39 is 0 Å². The van der Waals surface area contributed by atoms with E-state index in [9.17, 15) is 0 Å². The van der Waals surface area contributed by atoms with Gasteiger partial charge in [-0.05, 0) is 112 Å². The van der Waals surface area contributed by atoms with Crippen molar-refractivity contribution in [2.45, 2.75) is 61.1 Å². The van der Waals surface area contributed by atoms with E-state index in [1.807, 2.05) is 10.8 Å². The third kappa shape index (κ3) is 7.93. The van der Waals surface area contributed by atoms with Gasteiger partial charge < -0.3 is 11.5 Å². The van der Waals surface area contributed by atoms with Crippen LogP contribution in [0.15, 0.2) is 103 Å². The van der Waals surface area contributed by atoms with Crippen molar-refractivity contribution in [2.24, 2.45) is 0 Å². The quantitative estimate of drug-likeness (QED) is 0.186. The molecular formula is C36H36N4S4. The van der Waals surface area contributed by atoms with Crippen LogP contribution in [-0.2, 0) is 0 Å². The molecule has 2 heterocycles. The molecule has 4 N–H and O–H groups in total. The van der Waals surface area contributed by atoms with E-state index in [-0.39, 0.29) is 0 Å². The number of benzene rings is 4. The van der Waals surface area contributed by atoms with Crippen molar-refractivity contribution >= 4 is 56.5 Å². The molecule has 0 unspecified atom stereocenters. The van der Waals surface area contributed by atoms with Crippen molar-refractivity contribution in [1.29, 1.82) is 0 Å². The van der Waals surface area contributed by atoms with Gasteiger partial charge in [0.25, 0.3) is 0 Å². The molecule has 0 aliphatic carbocycles. The molecular weight excluding hydrogens is 617 g/mol. The Labute approximate surface area is 277 Å². The Morgan fingerprint density at radius 2 is 0.795 bits per heavy atom. The normalized spacial score (nSPS) is 10.9. The van der Waals surface area contributed by atoms with Crippen LogP contribution in [0.4, 0.5) is 10.3 Å². The maximum atomic E-state index is 5.76. The minimum absolute atomic E-state index is 0.618. The molecule has 8 heteroatoms. The summed E-state index contributed by atoms with van der Waals surface area (Å²) < 4.78 is 0. The Bertz CT molecular complexity index is 1700. The van der Waals surface area contributed by atoms with Crippen molar-refractivity contribution in [3.05, 3.63) is 117 Å². The van der Waals surface area contributed by atoms with Crippen LogP contribution < -0.4 is 11.5 Å². The summed E-state index contributed by atoms with van der Waals surface area (Å²) in [5.41, 5.74) is 23.4. The van der Waals surface area contributed by atoms with Gasteiger partial charge in [-0.15, -0.1) is 22.7 Å². The topological polar surface area (TPSA) is 77.8 Å². The smallest absolute Gasteiger partial charge is 0.180 e. The highest BCUT2D eigenvalue weighted by molar-refractivity contribution is 7.99. The van der Waals surface area contributed by atoms with E-state index in [0.717, 1.165) is 11.4 Å². The summed E-state index contributed by atoms with van der Waals surface area (Å²) in [4.78, 5) is 13.9. The van der Waals surface area contributed by atoms with E-state index in [1.165, 1.54) is 86.8 Å². The van der Waals surface area contributed by atoms with Crippen LogP contribution in [0.5, 0.6) is 0 Å². The maximum Gasteiger partial charge on any atom is 0.180 e. The molecule has 6 rings (SSSR count). The number of rotatable bonds is 6. The molecule has 4 aromatic carbocycles. The Morgan fingerprint density at radius 3 is 1.07 bits per heavy atom. The Morgan fingerprint density at radius 1 is 0.477 bits per heavy atom. The van der Waals surface area contributed by atoms with Crippen molar-refractivity contribution in [1.82, 2.24) is 9.97 Å². The number of nitrogens with zero attached hydrogens (tertiary/aromatic N) is 2. The molecule has 0 bridgehead atoms. The average Bonchev–Trinajstić information content (AvgIpc) is 3.59. The SMILES string of the molecule is Cc1ccc(Sc2cc(C)c(-c3csc(N)n3)c(C)c2)cc1.Cc1ccc(Sc2cc(C)c(-c3csc(N)n3)c(C)c2)cc1. The fourth-order valence-electron chi connectivity index (χ4n) is 5.06. The molecule has 0 saturated carbocycles. The lowest BCUT2D eigenvalue weighted by molar-refractivity contribution is 1.26. The fourth-order valence-corrected chi connectivity index (χ4v) is 8.20. The van der Waals surface area contributed by atoms with Gasteiger partial charge in [-0.2, -0.15) is 0 Å². The van der Waals surface area contributed by atoms with Gasteiger partial charge in [-0.25, -0.2) is 9.97 Å². The second-order valence-electron chi connectivity index (χ2n) is 10.8. The van der Waals surface area contributed by atoms with Crippen LogP contribution in [0.2, 0.25) is 0 Å². The number of hydrogen-bond donors (Lipinski definition) is 2. The molecule has 2 aromatic heterocycles. The van der Waals surface area contributed by atoms with Crippen molar-refractivity contribution in [3.63, 3.8) is 0 Å². The van der Waals surface area contributed by atoms with Gasteiger partial charge in [-0.3, -0.25) is 0 Å². The average molecular weight is 653 g/mol. The number of nitrogen functional groups attached to an aromatic ring is 2. The lowest BCUT2D eigenvalue weighted by Gasteiger charge is -2.11. The predicted molar refractivity (Wildman–Crippen MR) is 193 cm³/mol. The molecule has 0 saturated heterocycles. The van der Waals surface area contributed by atoms with Crippen LogP contribution in [0.25, 0.3) is 22.5 Å². The van der Waals surface area contributed by atoms with E-state index in [1.54, 1.807) is 23.5 Å². The summed E-state index contributed by atoms with van der Waals surface area (Å²) in [7, 11) is 0. The summed E-state index contributed by atoms with van der Waals surface area (Å²) in [6, 6.07) is 26.2. The molecule has 44 heavy (non-hydrogen) atoms. The minimum atomic E-state index is 0.618. The molecule has 0 fully saturated rings. The van der Waals surface area contributed by atoms with Gasteiger partial charge in [-0.1, -0.05) is 58.9 Å². The monoisotopic (exact) mass is 652 g/mol. The highest BCUT2D eigenvalue weighted by Gasteiger charge is 2.13. The molecule has 0 aliphatic rings. The van der Waals surface area contributed by atoms with Crippen LogP contribution in [-0.4, -0.2) is 9.97 Å². The van der Waals surface area contributed by atoms with Crippen LogP contribution in [0, 0.1) is 41.5 Å². The van der Waals surface area contributed by atoms with Crippen molar-refractivity contribution in [3.8, 4) is 22.5 Å². The van der Waals surface area contributed by atoms with Crippen molar-refractivity contribution < 1.29 is 0 Å². The Hall–Kier alpha value is -3.56. The lowest BCUT2D eigenvalue weighted by atomic mass is 10.0. The third-order valence-electron chi connectivity index (χ3n) is 7.08. The number of anilines is 2. The van der Waals surface area contributed by atoms with Crippen LogP contribution in [0.1, 0.15) is 33.4 Å². The second kappa shape index (κ2) is 14.0. The first-order chi connectivity index (χ1) is 21.0. The van der Waals surface area contributed by atoms with E-state index in [4.69, 9.17) is 11.5 Å². The van der Waals surface area contributed by atoms with Gasteiger partial charge in [0, 0.05) is 41.5 Å². The summed E-state index contributed by atoms with van der Waals surface area (Å²) >= 11 is 6.55. The molecule has 4 nitrogen and oxygen atoms in total. The highest BCUT2D eigenvalue weighted by atomic mass is 32.2. The zero-order chi connectivity index (χ0) is 31.4. The lowest BCUT2D eigenvalue weighted by Crippen LogP contribution is -1.91. The van der Waals surface area contributed by atoms with Crippen LogP contribution in [0.3, 0.4) is 0 Å².